The Bertz CT molecular complexity index is 959. The van der Waals surface area contributed by atoms with Crippen LogP contribution in [0.15, 0.2) is 0 Å². The van der Waals surface area contributed by atoms with Crippen LogP contribution in [-0.2, 0) is 0 Å². The van der Waals surface area contributed by atoms with Crippen LogP contribution in [0, 0.1) is 47.3 Å². The van der Waals surface area contributed by atoms with E-state index < -0.39 is 0 Å². The fourth-order valence-electron chi connectivity index (χ4n) is 12.0. The summed E-state index contributed by atoms with van der Waals surface area (Å²) in [4.78, 5) is 0. The zero-order valence-electron chi connectivity index (χ0n) is 24.9. The van der Waals surface area contributed by atoms with Crippen molar-refractivity contribution in [2.45, 2.75) is 152 Å². The Hall–Kier alpha value is 0.276. The van der Waals surface area contributed by atoms with Crippen molar-refractivity contribution >= 4 is 19.8 Å². The quantitative estimate of drug-likeness (QED) is 0.174. The molecule has 0 spiro atoms. The van der Waals surface area contributed by atoms with Gasteiger partial charge in [0.25, 0.3) is 0 Å². The van der Waals surface area contributed by atoms with Crippen LogP contribution in [0.4, 0.5) is 0 Å². The first-order valence-corrected chi connectivity index (χ1v) is 18.0. The van der Waals surface area contributed by atoms with E-state index >= 15 is 0 Å². The molecule has 0 amide bonds. The van der Waals surface area contributed by atoms with Gasteiger partial charge in [0.2, 0.25) is 0 Å². The average Bonchev–Trinajstić information content (AvgIpc) is 3.73. The number of rotatable bonds is 0. The molecule has 0 aromatic heterocycles. The van der Waals surface area contributed by atoms with Crippen molar-refractivity contribution in [2.75, 3.05) is 0 Å². The van der Waals surface area contributed by atoms with Gasteiger partial charge in [0.15, 0.2) is 0 Å². The van der Waals surface area contributed by atoms with Crippen LogP contribution in [0.5, 0.6) is 0 Å². The Morgan fingerprint density at radius 2 is 0.571 bits per heavy atom. The van der Waals surface area contributed by atoms with Gasteiger partial charge in [-0.2, -0.15) is 0 Å². The van der Waals surface area contributed by atoms with E-state index in [0.717, 1.165) is 12.8 Å². The first-order valence-electron chi connectivity index (χ1n) is 18.0. The van der Waals surface area contributed by atoms with E-state index in [2.05, 4.69) is 42.5 Å². The van der Waals surface area contributed by atoms with Gasteiger partial charge in [-0.05, 0) is 92.8 Å². The number of aliphatic hydroxyl groups excluding tert-OH is 1. The van der Waals surface area contributed by atoms with E-state index in [0.29, 0.717) is 78.4 Å². The van der Waals surface area contributed by atoms with Crippen molar-refractivity contribution in [1.29, 1.82) is 0 Å². The van der Waals surface area contributed by atoms with Gasteiger partial charge >= 0.3 is 19.8 Å². The molecule has 4 saturated carbocycles. The van der Waals surface area contributed by atoms with E-state index in [1.165, 1.54) is 83.5 Å². The molecule has 17 unspecified atom stereocenters. The predicted octanol–water partition coefficient (Wildman–Crippen LogP) is 0.393. The Balaban J connectivity index is 0.00000267. The molecule has 5 aliphatic heterocycles. The van der Waals surface area contributed by atoms with Gasteiger partial charge in [-0.1, -0.05) is 44.9 Å². The van der Waals surface area contributed by atoms with Crippen LogP contribution in [0.1, 0.15) is 96.3 Å². The van der Waals surface area contributed by atoms with Gasteiger partial charge in [0.05, 0.1) is 55.4 Å². The fraction of sp³-hybridized carbons (Fsp3) is 1.00. The second kappa shape index (κ2) is 12.1. The molecule has 236 valence electrons. The van der Waals surface area contributed by atoms with Crippen LogP contribution in [0.2, 0.25) is 0 Å². The van der Waals surface area contributed by atoms with E-state index in [1.54, 1.807) is 0 Å². The summed E-state index contributed by atoms with van der Waals surface area (Å²) in [6.45, 7) is 0. The Morgan fingerprint density at radius 1 is 0.310 bits per heavy atom. The first-order chi connectivity index (χ1) is 20.2. The van der Waals surface area contributed by atoms with Crippen LogP contribution in [-0.4, -0.2) is 80.3 Å². The minimum atomic E-state index is -0.221. The fourth-order valence-corrected chi connectivity index (χ4v) is 12.0. The van der Waals surface area contributed by atoms with E-state index in [9.17, 15) is 5.11 Å². The zero-order chi connectivity index (χ0) is 27.1. The topological polar surface area (TPSA) is 116 Å². The van der Waals surface area contributed by atoms with Crippen molar-refractivity contribution in [1.82, 2.24) is 42.5 Å². The molecule has 5 saturated heterocycles. The number of nitrogens with one attached hydrogen (secondary N) is 8. The van der Waals surface area contributed by atoms with Gasteiger partial charge < -0.3 is 5.11 Å². The van der Waals surface area contributed by atoms with Crippen molar-refractivity contribution in [2.24, 2.45) is 47.3 Å². The van der Waals surface area contributed by atoms with Gasteiger partial charge in [0, 0.05) is 5.92 Å². The summed E-state index contributed by atoms with van der Waals surface area (Å²) in [6, 6.07) is 0. The maximum absolute atomic E-state index is 11.4. The molecule has 0 aromatic carbocycles. The molecule has 17 atom stereocenters. The number of aliphatic hydroxyl groups is 1. The second-order valence-electron chi connectivity index (χ2n) is 15.7. The van der Waals surface area contributed by atoms with Gasteiger partial charge in [-0.15, -0.1) is 0 Å². The van der Waals surface area contributed by atoms with E-state index in [4.69, 9.17) is 0 Å². The van der Waals surface area contributed by atoms with Crippen molar-refractivity contribution in [3.05, 3.63) is 0 Å². The monoisotopic (exact) mass is 640 g/mol. The molecular weight excluding hydrogens is 582 g/mol. The summed E-state index contributed by atoms with van der Waals surface area (Å²) in [5.41, 5.74) is 0. The third-order valence-electron chi connectivity index (χ3n) is 13.9. The molecule has 5 heterocycles. The molecule has 10 heteroatoms. The Morgan fingerprint density at radius 3 is 0.905 bits per heavy atom. The Kier molecular flexibility index (Phi) is 8.57. The first kappa shape index (κ1) is 29.7. The average molecular weight is 642 g/mol. The predicted molar refractivity (Wildman–Crippen MR) is 169 cm³/mol. The maximum atomic E-state index is 11.4. The summed E-state index contributed by atoms with van der Waals surface area (Å²) >= 11 is 0. The van der Waals surface area contributed by atoms with Gasteiger partial charge in [0.1, 0.15) is 0 Å². The van der Waals surface area contributed by atoms with Gasteiger partial charge in [-0.3, -0.25) is 42.5 Å². The summed E-state index contributed by atoms with van der Waals surface area (Å²) in [7, 11) is 0. The zero-order valence-corrected chi connectivity index (χ0v) is 24.9. The van der Waals surface area contributed by atoms with Crippen LogP contribution < -0.4 is 42.5 Å². The molecule has 8 bridgehead atoms. The molecule has 9 N–H and O–H groups in total. The number of fused-ring (bicyclic) bond motifs is 20. The summed E-state index contributed by atoms with van der Waals surface area (Å²) < 4.78 is 0. The summed E-state index contributed by atoms with van der Waals surface area (Å²) in [6.07, 6.45) is 21.7. The van der Waals surface area contributed by atoms with Crippen molar-refractivity contribution < 1.29 is 5.11 Å². The molecular formula is C32H59GaN8O. The van der Waals surface area contributed by atoms with E-state index in [1.807, 2.05) is 0 Å². The summed E-state index contributed by atoms with van der Waals surface area (Å²) in [5, 5.41) is 44.6. The van der Waals surface area contributed by atoms with Crippen LogP contribution in [0.25, 0.3) is 0 Å². The molecule has 42 heavy (non-hydrogen) atoms. The molecule has 9 fully saturated rings. The molecule has 9 rings (SSSR count). The third-order valence-corrected chi connectivity index (χ3v) is 13.9. The van der Waals surface area contributed by atoms with Crippen LogP contribution >= 0.6 is 0 Å². The van der Waals surface area contributed by atoms with E-state index in [-0.39, 0.29) is 44.1 Å². The molecule has 4 aliphatic carbocycles. The van der Waals surface area contributed by atoms with Crippen molar-refractivity contribution in [3.8, 4) is 0 Å². The van der Waals surface area contributed by atoms with Gasteiger partial charge in [-0.25, -0.2) is 0 Å². The third kappa shape index (κ3) is 5.02. The number of hydrogen-bond donors (Lipinski definition) is 9. The van der Waals surface area contributed by atoms with Crippen molar-refractivity contribution in [3.63, 3.8) is 0 Å². The summed E-state index contributed by atoms with van der Waals surface area (Å²) in [5.74, 6) is 4.87. The Labute approximate surface area is 265 Å². The molecule has 9 nitrogen and oxygen atoms in total. The van der Waals surface area contributed by atoms with Crippen LogP contribution in [0.3, 0.4) is 0 Å². The molecule has 0 aromatic rings. The normalized spacial score (nSPS) is 56.9. The molecule has 0 radical (unpaired) electrons. The minimum absolute atomic E-state index is 0. The number of hydrogen-bond acceptors (Lipinski definition) is 9. The second-order valence-corrected chi connectivity index (χ2v) is 15.7. The standard InChI is InChI=1S/C32H56N8O.Ga.3H/c41-23-15-7-14-22-24(23)32-39-30-21-13-6-5-12-20(21)28(37-30)35-26-17-9-2-1-8-16(17)25(33-26)34-27-18-10-3-4-11-19(18)29(36-27)38-31(22)40-32;;;;/h16-41H,1-15H2;;;;. The molecule has 9 aliphatic rings. The SMILES string of the molecule is OC1CCCC2C3NC4NC(NC5NC(NC6NC(NC(N3)C12)C1CCCCC61)C1CCCCC51)C1CCCCC41.[GaH3].